The van der Waals surface area contributed by atoms with E-state index in [-0.39, 0.29) is 6.42 Å². The highest BCUT2D eigenvalue weighted by atomic mass is 16.6. The van der Waals surface area contributed by atoms with Crippen molar-refractivity contribution in [2.45, 2.75) is 77.4 Å². The number of esters is 1. The zero-order chi connectivity index (χ0) is 25.0. The van der Waals surface area contributed by atoms with Crippen LogP contribution in [0.5, 0.6) is 0 Å². The number of anilines is 1. The van der Waals surface area contributed by atoms with Gasteiger partial charge in [-0.15, -0.1) is 0 Å². The Hall–Kier alpha value is -3.06. The maximum Gasteiger partial charge on any atom is 0.408 e. The predicted molar refractivity (Wildman–Crippen MR) is 131 cm³/mol. The van der Waals surface area contributed by atoms with E-state index in [1.165, 1.54) is 5.56 Å². The molecule has 0 aliphatic carbocycles. The minimum atomic E-state index is -1.39. The maximum absolute atomic E-state index is 13.4. The first-order valence-electron chi connectivity index (χ1n) is 11.6. The predicted octanol–water partition coefficient (Wildman–Crippen LogP) is 5.37. The second-order valence-electron chi connectivity index (χ2n) is 10.6. The van der Waals surface area contributed by atoms with Crippen molar-refractivity contribution in [3.8, 4) is 0 Å². The monoisotopic (exact) mass is 468 g/mol. The van der Waals surface area contributed by atoms with Crippen molar-refractivity contribution in [2.24, 2.45) is 0 Å². The van der Waals surface area contributed by atoms with Gasteiger partial charge in [-0.3, -0.25) is 0 Å². The molecule has 34 heavy (non-hydrogen) atoms. The maximum atomic E-state index is 13.4. The van der Waals surface area contributed by atoms with Crippen molar-refractivity contribution in [1.82, 2.24) is 5.32 Å². The minimum absolute atomic E-state index is 0.278. The lowest BCUT2D eigenvalue weighted by Gasteiger charge is -2.36. The van der Waals surface area contributed by atoms with Gasteiger partial charge >= 0.3 is 12.1 Å². The minimum Gasteiger partial charge on any atom is -0.458 e. The summed E-state index contributed by atoms with van der Waals surface area (Å²) in [6, 6.07) is 17.8. The molecular weight excluding hydrogens is 432 g/mol. The molecule has 0 saturated carbocycles. The highest BCUT2D eigenvalue weighted by Gasteiger charge is 2.55. The second-order valence-corrected chi connectivity index (χ2v) is 10.6. The molecule has 1 fully saturated rings. The summed E-state index contributed by atoms with van der Waals surface area (Å²) in [7, 11) is 0. The molecule has 2 unspecified atom stereocenters. The van der Waals surface area contributed by atoms with Crippen LogP contribution >= 0.6 is 0 Å². The fraction of sp³-hybridized carbons (Fsp3) is 0.481. The lowest BCUT2D eigenvalue weighted by Crippen LogP contribution is -2.59. The van der Waals surface area contributed by atoms with Crippen molar-refractivity contribution < 1.29 is 23.8 Å². The smallest absolute Gasteiger partial charge is 0.408 e. The van der Waals surface area contributed by atoms with E-state index >= 15 is 0 Å². The van der Waals surface area contributed by atoms with E-state index in [1.807, 2.05) is 42.5 Å². The summed E-state index contributed by atoms with van der Waals surface area (Å²) in [6.07, 6.45) is -1.12. The molecule has 0 bridgehead atoms. The number of amides is 1. The van der Waals surface area contributed by atoms with Crippen LogP contribution in [-0.4, -0.2) is 35.4 Å². The number of alkyl carbamates (subject to hydrolysis) is 1. The lowest BCUT2D eigenvalue weighted by molar-refractivity contribution is -0.166. The van der Waals surface area contributed by atoms with Crippen LogP contribution in [0.2, 0.25) is 0 Å². The lowest BCUT2D eigenvalue weighted by atomic mass is 9.86. The highest BCUT2D eigenvalue weighted by Crippen LogP contribution is 2.40. The first-order chi connectivity index (χ1) is 15.9. The molecule has 0 radical (unpaired) electrons. The van der Waals surface area contributed by atoms with Gasteiger partial charge in [0.15, 0.2) is 5.54 Å². The summed E-state index contributed by atoms with van der Waals surface area (Å²) < 4.78 is 17.2. The zero-order valence-corrected chi connectivity index (χ0v) is 20.9. The van der Waals surface area contributed by atoms with E-state index in [2.05, 4.69) is 22.8 Å². The molecule has 184 valence electrons. The Labute approximate surface area is 202 Å². The molecular formula is C27H36N2O5. The summed E-state index contributed by atoms with van der Waals surface area (Å²) in [5, 5.41) is 6.19. The fourth-order valence-electron chi connectivity index (χ4n) is 3.81. The summed E-state index contributed by atoms with van der Waals surface area (Å²) in [4.78, 5) is 26.1. The number of ether oxygens (including phenoxy) is 3. The van der Waals surface area contributed by atoms with E-state index in [4.69, 9.17) is 14.2 Å². The summed E-state index contributed by atoms with van der Waals surface area (Å²) >= 11 is 0. The van der Waals surface area contributed by atoms with Gasteiger partial charge in [-0.1, -0.05) is 42.5 Å². The van der Waals surface area contributed by atoms with Crippen molar-refractivity contribution in [1.29, 1.82) is 0 Å². The van der Waals surface area contributed by atoms with Crippen LogP contribution in [0.4, 0.5) is 10.5 Å². The Morgan fingerprint density at radius 1 is 0.941 bits per heavy atom. The number of carbonyl (C=O) groups excluding carboxylic acids is 2. The fourth-order valence-corrected chi connectivity index (χ4v) is 3.81. The van der Waals surface area contributed by atoms with Crippen LogP contribution < -0.4 is 10.6 Å². The number of carbonyl (C=O) groups is 2. The number of hydrogen-bond acceptors (Lipinski definition) is 6. The van der Waals surface area contributed by atoms with Crippen molar-refractivity contribution >= 4 is 17.7 Å². The van der Waals surface area contributed by atoms with E-state index in [0.29, 0.717) is 13.2 Å². The third kappa shape index (κ3) is 6.73. The molecule has 2 N–H and O–H groups in total. The molecule has 2 aromatic rings. The summed E-state index contributed by atoms with van der Waals surface area (Å²) in [5.41, 5.74) is 0.0572. The first kappa shape index (κ1) is 25.6. The third-order valence-electron chi connectivity index (χ3n) is 5.27. The van der Waals surface area contributed by atoms with Crippen molar-refractivity contribution in [3.05, 3.63) is 65.7 Å². The van der Waals surface area contributed by atoms with Gasteiger partial charge in [0.1, 0.15) is 17.3 Å². The Morgan fingerprint density at radius 2 is 1.56 bits per heavy atom. The zero-order valence-electron chi connectivity index (χ0n) is 20.9. The second kappa shape index (κ2) is 10.1. The molecule has 3 rings (SSSR count). The van der Waals surface area contributed by atoms with Crippen LogP contribution in [0.15, 0.2) is 54.6 Å². The van der Waals surface area contributed by atoms with Crippen LogP contribution in [0.1, 0.15) is 65.2 Å². The largest absolute Gasteiger partial charge is 0.458 e. The van der Waals surface area contributed by atoms with Crippen LogP contribution in [0.3, 0.4) is 0 Å². The molecule has 1 aliphatic rings. The number of benzene rings is 2. The average molecular weight is 469 g/mol. The SMILES string of the molecule is CC(C)(C)OC(=O)NC1(C(=O)OC(C)(C)C)CCOC1c1ccc(NCc2ccccc2)cc1. The van der Waals surface area contributed by atoms with Crippen LogP contribution in [-0.2, 0) is 25.5 Å². The van der Waals surface area contributed by atoms with Crippen molar-refractivity contribution in [2.75, 3.05) is 11.9 Å². The summed E-state index contributed by atoms with van der Waals surface area (Å²) in [6.45, 7) is 11.7. The molecule has 1 aliphatic heterocycles. The Bertz CT molecular complexity index is 977. The third-order valence-corrected chi connectivity index (χ3v) is 5.27. The van der Waals surface area contributed by atoms with Gasteiger partial charge < -0.3 is 24.8 Å². The average Bonchev–Trinajstić information content (AvgIpc) is 3.15. The molecule has 1 amide bonds. The Balaban J connectivity index is 1.83. The normalized spacial score (nSPS) is 20.5. The number of rotatable bonds is 6. The molecule has 2 aromatic carbocycles. The van der Waals surface area contributed by atoms with Crippen molar-refractivity contribution in [3.63, 3.8) is 0 Å². The standard InChI is InChI=1S/C27H36N2O5/c1-25(2,3)33-23(30)27(29-24(31)34-26(4,5)6)16-17-32-22(27)20-12-14-21(15-13-20)28-18-19-10-8-7-9-11-19/h7-15,22,28H,16-18H2,1-6H3,(H,29,31). The van der Waals surface area contributed by atoms with Gasteiger partial charge in [0, 0.05) is 18.7 Å². The van der Waals surface area contributed by atoms with Gasteiger partial charge in [0.2, 0.25) is 0 Å². The number of hydrogen-bond donors (Lipinski definition) is 2. The topological polar surface area (TPSA) is 85.9 Å². The van der Waals surface area contributed by atoms with Gasteiger partial charge in [0.25, 0.3) is 0 Å². The van der Waals surface area contributed by atoms with Crippen LogP contribution in [0, 0.1) is 0 Å². The first-order valence-corrected chi connectivity index (χ1v) is 11.6. The summed E-state index contributed by atoms with van der Waals surface area (Å²) in [5.74, 6) is -0.542. The Morgan fingerprint density at radius 3 is 2.15 bits per heavy atom. The molecule has 0 aromatic heterocycles. The van der Waals surface area contributed by atoms with E-state index in [1.54, 1.807) is 41.5 Å². The highest BCUT2D eigenvalue weighted by molar-refractivity contribution is 5.87. The molecule has 0 spiro atoms. The number of nitrogens with one attached hydrogen (secondary N) is 2. The van der Waals surface area contributed by atoms with E-state index in [0.717, 1.165) is 11.3 Å². The van der Waals surface area contributed by atoms with Crippen LogP contribution in [0.25, 0.3) is 0 Å². The molecule has 7 heteroatoms. The van der Waals surface area contributed by atoms with Gasteiger partial charge in [-0.2, -0.15) is 0 Å². The Kier molecular flexibility index (Phi) is 7.56. The quantitative estimate of drug-likeness (QED) is 0.555. The molecule has 1 heterocycles. The van der Waals surface area contributed by atoms with Gasteiger partial charge in [-0.25, -0.2) is 9.59 Å². The van der Waals surface area contributed by atoms with E-state index in [9.17, 15) is 9.59 Å². The molecule has 7 nitrogen and oxygen atoms in total. The molecule has 2 atom stereocenters. The van der Waals surface area contributed by atoms with E-state index < -0.39 is 34.9 Å². The van der Waals surface area contributed by atoms with Gasteiger partial charge in [-0.05, 0) is 64.8 Å². The molecule has 1 saturated heterocycles. The van der Waals surface area contributed by atoms with Gasteiger partial charge in [0.05, 0.1) is 6.61 Å².